The summed E-state index contributed by atoms with van der Waals surface area (Å²) in [7, 11) is 0. The number of piperazine rings is 1. The maximum absolute atomic E-state index is 13.7. The van der Waals surface area contributed by atoms with Crippen LogP contribution < -0.4 is 15.6 Å². The molecule has 2 aliphatic heterocycles. The third-order valence-corrected chi connectivity index (χ3v) is 8.93. The van der Waals surface area contributed by atoms with Gasteiger partial charge in [-0.3, -0.25) is 18.9 Å². The van der Waals surface area contributed by atoms with E-state index in [1.54, 1.807) is 0 Å². The first kappa shape index (κ1) is 24.3. The van der Waals surface area contributed by atoms with Gasteiger partial charge in [-0.05, 0) is 64.0 Å². The van der Waals surface area contributed by atoms with E-state index in [4.69, 9.17) is 4.98 Å². The molecule has 2 aliphatic rings. The van der Waals surface area contributed by atoms with E-state index in [-0.39, 0.29) is 16.9 Å². The molecule has 3 aromatic heterocycles. The standard InChI is InChI=1S/C28H34N6O2S/c1-19(2)32-15-17-33(18-16-32)23-10-9-20-25(35)24(27(36)29-11-14-31-12-5-6-13-31)28-34(26(20)30-23)21-7-3-4-8-22(21)37-28/h3-4,7-10,19H,5-6,11-18H2,1-2H3,(H,29,36). The summed E-state index contributed by atoms with van der Waals surface area (Å²) in [6, 6.07) is 12.4. The Hall–Kier alpha value is -3.01. The van der Waals surface area contributed by atoms with Crippen molar-refractivity contribution >= 4 is 49.1 Å². The summed E-state index contributed by atoms with van der Waals surface area (Å²) in [4.78, 5) is 40.0. The molecule has 8 nitrogen and oxygen atoms in total. The smallest absolute Gasteiger partial charge is 0.258 e. The van der Waals surface area contributed by atoms with Gasteiger partial charge >= 0.3 is 0 Å². The Morgan fingerprint density at radius 3 is 2.54 bits per heavy atom. The first-order valence-corrected chi connectivity index (χ1v) is 14.2. The van der Waals surface area contributed by atoms with E-state index in [1.807, 2.05) is 40.8 Å². The number of likely N-dealkylation sites (tertiary alicyclic amines) is 1. The molecule has 0 radical (unpaired) electrons. The van der Waals surface area contributed by atoms with Crippen molar-refractivity contribution in [3.05, 3.63) is 52.2 Å². The van der Waals surface area contributed by atoms with E-state index >= 15 is 0 Å². The summed E-state index contributed by atoms with van der Waals surface area (Å²) in [6.45, 7) is 11.7. The third-order valence-electron chi connectivity index (χ3n) is 7.78. The van der Waals surface area contributed by atoms with E-state index in [1.165, 1.54) is 24.2 Å². The molecule has 4 aromatic rings. The van der Waals surface area contributed by atoms with Crippen LogP contribution in [0.5, 0.6) is 0 Å². The van der Waals surface area contributed by atoms with Crippen LogP contribution >= 0.6 is 11.3 Å². The summed E-state index contributed by atoms with van der Waals surface area (Å²) >= 11 is 1.48. The molecular formula is C28H34N6O2S. The van der Waals surface area contributed by atoms with Crippen LogP contribution in [0.1, 0.15) is 37.0 Å². The highest BCUT2D eigenvalue weighted by molar-refractivity contribution is 7.24. The minimum atomic E-state index is -0.302. The quantitative estimate of drug-likeness (QED) is 0.422. The van der Waals surface area contributed by atoms with Crippen molar-refractivity contribution in [2.24, 2.45) is 0 Å². The molecule has 2 saturated heterocycles. The number of carbonyl (C=O) groups excluding carboxylic acids is 1. The maximum Gasteiger partial charge on any atom is 0.258 e. The summed E-state index contributed by atoms with van der Waals surface area (Å²) in [5.74, 6) is 0.575. The van der Waals surface area contributed by atoms with Crippen molar-refractivity contribution in [1.82, 2.24) is 24.5 Å². The minimum Gasteiger partial charge on any atom is -0.354 e. The molecule has 0 spiro atoms. The Labute approximate surface area is 220 Å². The van der Waals surface area contributed by atoms with Gasteiger partial charge in [-0.25, -0.2) is 4.98 Å². The van der Waals surface area contributed by atoms with Gasteiger partial charge in [0.05, 0.1) is 15.6 Å². The van der Waals surface area contributed by atoms with Crippen molar-refractivity contribution in [3.63, 3.8) is 0 Å². The zero-order valence-corrected chi connectivity index (χ0v) is 22.4. The second-order valence-corrected chi connectivity index (χ2v) is 11.4. The molecule has 2 fully saturated rings. The predicted molar refractivity (Wildman–Crippen MR) is 151 cm³/mol. The number of para-hydroxylation sites is 1. The molecule has 1 N–H and O–H groups in total. The lowest BCUT2D eigenvalue weighted by Gasteiger charge is -2.37. The largest absolute Gasteiger partial charge is 0.354 e. The summed E-state index contributed by atoms with van der Waals surface area (Å²) in [5.41, 5.74) is 1.56. The van der Waals surface area contributed by atoms with Crippen molar-refractivity contribution in [2.45, 2.75) is 32.7 Å². The lowest BCUT2D eigenvalue weighted by atomic mass is 10.1. The van der Waals surface area contributed by atoms with Gasteiger partial charge < -0.3 is 15.1 Å². The molecule has 0 atom stereocenters. The minimum absolute atomic E-state index is 0.218. The Kier molecular flexibility index (Phi) is 6.60. The number of rotatable bonds is 6. The fourth-order valence-electron chi connectivity index (χ4n) is 5.64. The SMILES string of the molecule is CC(C)N1CCN(c2ccc3c(=O)c(C(=O)NCCN4CCCC4)c4sc5ccccc5n4c3n2)CC1. The van der Waals surface area contributed by atoms with Gasteiger partial charge in [0.15, 0.2) is 5.65 Å². The van der Waals surface area contributed by atoms with Gasteiger partial charge in [-0.15, -0.1) is 11.3 Å². The lowest BCUT2D eigenvalue weighted by molar-refractivity contribution is 0.0950. The molecule has 0 unspecified atom stereocenters. The fourth-order valence-corrected chi connectivity index (χ4v) is 6.83. The summed E-state index contributed by atoms with van der Waals surface area (Å²) in [6.07, 6.45) is 2.43. The molecule has 37 heavy (non-hydrogen) atoms. The first-order valence-electron chi connectivity index (χ1n) is 13.4. The highest BCUT2D eigenvalue weighted by atomic mass is 32.1. The number of aromatic nitrogens is 2. The van der Waals surface area contributed by atoms with E-state index in [0.29, 0.717) is 28.5 Å². The van der Waals surface area contributed by atoms with Gasteiger partial charge in [0.25, 0.3) is 5.91 Å². The van der Waals surface area contributed by atoms with Crippen LogP contribution in [-0.2, 0) is 0 Å². The van der Waals surface area contributed by atoms with Crippen molar-refractivity contribution in [2.75, 3.05) is 57.3 Å². The van der Waals surface area contributed by atoms with Crippen LogP contribution in [0.3, 0.4) is 0 Å². The average molecular weight is 519 g/mol. The third kappa shape index (κ3) is 4.49. The summed E-state index contributed by atoms with van der Waals surface area (Å²) < 4.78 is 3.04. The van der Waals surface area contributed by atoms with E-state index < -0.39 is 0 Å². The number of anilines is 1. The van der Waals surface area contributed by atoms with Gasteiger partial charge in [-0.1, -0.05) is 12.1 Å². The fraction of sp³-hybridized carbons (Fsp3) is 0.464. The van der Waals surface area contributed by atoms with Crippen LogP contribution in [0.15, 0.2) is 41.2 Å². The highest BCUT2D eigenvalue weighted by Crippen LogP contribution is 2.31. The average Bonchev–Trinajstić information content (AvgIpc) is 3.56. The van der Waals surface area contributed by atoms with Crippen LogP contribution in [0, 0.1) is 0 Å². The normalized spacial score (nSPS) is 17.5. The molecule has 1 aromatic carbocycles. The van der Waals surface area contributed by atoms with Crippen molar-refractivity contribution in [3.8, 4) is 0 Å². The lowest BCUT2D eigenvalue weighted by Crippen LogP contribution is -2.49. The number of fused-ring (bicyclic) bond motifs is 5. The molecule has 194 valence electrons. The van der Waals surface area contributed by atoms with E-state index in [2.05, 4.69) is 33.9 Å². The van der Waals surface area contributed by atoms with Crippen LogP contribution in [0.4, 0.5) is 5.82 Å². The number of amides is 1. The summed E-state index contributed by atoms with van der Waals surface area (Å²) in [5, 5.41) is 3.51. The molecule has 1 amide bonds. The van der Waals surface area contributed by atoms with Gasteiger partial charge in [0.1, 0.15) is 16.2 Å². The molecule has 0 saturated carbocycles. The van der Waals surface area contributed by atoms with E-state index in [0.717, 1.165) is 61.8 Å². The topological polar surface area (TPSA) is 73.2 Å². The monoisotopic (exact) mass is 518 g/mol. The number of hydrogen-bond donors (Lipinski definition) is 1. The number of benzene rings is 1. The number of nitrogens with one attached hydrogen (secondary N) is 1. The van der Waals surface area contributed by atoms with Gasteiger partial charge in [-0.2, -0.15) is 0 Å². The Bertz CT molecular complexity index is 1510. The predicted octanol–water partition coefficient (Wildman–Crippen LogP) is 3.42. The molecular weight excluding hydrogens is 484 g/mol. The van der Waals surface area contributed by atoms with Crippen LogP contribution in [0.2, 0.25) is 0 Å². The number of nitrogens with zero attached hydrogens (tertiary/aromatic N) is 5. The number of thiazole rings is 1. The van der Waals surface area contributed by atoms with Crippen LogP contribution in [0.25, 0.3) is 26.1 Å². The van der Waals surface area contributed by atoms with Crippen molar-refractivity contribution < 1.29 is 4.79 Å². The second-order valence-electron chi connectivity index (χ2n) is 10.4. The Morgan fingerprint density at radius 2 is 1.78 bits per heavy atom. The number of pyridine rings is 2. The van der Waals surface area contributed by atoms with Gasteiger partial charge in [0.2, 0.25) is 5.43 Å². The molecule has 6 rings (SSSR count). The number of hydrogen-bond acceptors (Lipinski definition) is 7. The molecule has 5 heterocycles. The first-order chi connectivity index (χ1) is 18.0. The molecule has 0 bridgehead atoms. The maximum atomic E-state index is 13.7. The second kappa shape index (κ2) is 10.0. The van der Waals surface area contributed by atoms with Gasteiger partial charge in [0, 0.05) is 45.3 Å². The zero-order chi connectivity index (χ0) is 25.5. The molecule has 9 heteroatoms. The highest BCUT2D eigenvalue weighted by Gasteiger charge is 2.25. The van der Waals surface area contributed by atoms with Crippen LogP contribution in [-0.4, -0.2) is 83.5 Å². The Morgan fingerprint density at radius 1 is 1.03 bits per heavy atom. The Balaban J connectivity index is 1.41. The zero-order valence-electron chi connectivity index (χ0n) is 21.6. The van der Waals surface area contributed by atoms with Crippen molar-refractivity contribution in [1.29, 1.82) is 0 Å². The van der Waals surface area contributed by atoms with E-state index in [9.17, 15) is 9.59 Å². The number of carbonyl (C=O) groups is 1. The molecule has 0 aliphatic carbocycles.